The van der Waals surface area contributed by atoms with Gasteiger partial charge in [0.1, 0.15) is 23.6 Å². The molecule has 4 aromatic rings. The summed E-state index contributed by atoms with van der Waals surface area (Å²) in [7, 11) is 0. The fraction of sp³-hybridized carbons (Fsp3) is 0.179. The number of carbonyl (C=O) groups excluding carboxylic acids is 2. The molecule has 1 aliphatic rings. The van der Waals surface area contributed by atoms with Gasteiger partial charge in [-0.05, 0) is 34.9 Å². The van der Waals surface area contributed by atoms with Crippen molar-refractivity contribution in [1.29, 1.82) is 0 Å². The fourth-order valence-corrected chi connectivity index (χ4v) is 4.93. The van der Waals surface area contributed by atoms with Crippen LogP contribution in [0.1, 0.15) is 37.7 Å². The van der Waals surface area contributed by atoms with Crippen LogP contribution in [0.15, 0.2) is 64.5 Å². The van der Waals surface area contributed by atoms with E-state index in [-0.39, 0.29) is 36.8 Å². The third-order valence-corrected chi connectivity index (χ3v) is 7.02. The van der Waals surface area contributed by atoms with E-state index in [2.05, 4.69) is 15.3 Å². The highest BCUT2D eigenvalue weighted by molar-refractivity contribution is 7.07. The first-order valence-electron chi connectivity index (χ1n) is 12.7. The second-order valence-electron chi connectivity index (χ2n) is 9.39. The Balaban J connectivity index is 0.000000591. The van der Waals surface area contributed by atoms with Crippen molar-refractivity contribution in [1.82, 2.24) is 24.8 Å². The summed E-state index contributed by atoms with van der Waals surface area (Å²) in [6, 6.07) is 11.2. The molecule has 17 heteroatoms. The molecule has 0 saturated carbocycles. The Hall–Kier alpha value is -5.58. The molecule has 45 heavy (non-hydrogen) atoms. The summed E-state index contributed by atoms with van der Waals surface area (Å²) in [5.41, 5.74) is 3.62. The number of pyridine rings is 2. The van der Waals surface area contributed by atoms with Gasteiger partial charge in [0, 0.05) is 29.0 Å². The number of nitrogens with one attached hydrogen (secondary N) is 1. The van der Waals surface area contributed by atoms with Crippen molar-refractivity contribution >= 4 is 35.1 Å². The normalized spacial score (nSPS) is 12.1. The molecule has 0 saturated heterocycles. The molecular formula is C28H22F3N5O8S. The molecule has 4 heterocycles. The average Bonchev–Trinajstić information content (AvgIpc) is 3.70. The van der Waals surface area contributed by atoms with E-state index in [4.69, 9.17) is 15.0 Å². The molecule has 0 atom stereocenters. The molecule has 3 aromatic heterocycles. The van der Waals surface area contributed by atoms with Gasteiger partial charge in [-0.1, -0.05) is 18.2 Å². The SMILES string of the molecule is O=C(O)C(F)(F)F.O=C(O)CNC(=O)c1c(O)c2c(n(Cc3cccc(-c4ccncc4)c3)c1=O)CN(C(=O)c1cscn1)C2. The molecule has 234 valence electrons. The van der Waals surface area contributed by atoms with E-state index in [1.807, 2.05) is 36.4 Å². The Kier molecular flexibility index (Phi) is 9.61. The maximum absolute atomic E-state index is 13.6. The molecule has 0 spiro atoms. The molecule has 2 amide bonds. The van der Waals surface area contributed by atoms with E-state index in [1.165, 1.54) is 26.3 Å². The van der Waals surface area contributed by atoms with Crippen LogP contribution in [0.5, 0.6) is 5.75 Å². The Labute approximate surface area is 254 Å². The molecule has 1 aromatic carbocycles. The number of rotatable bonds is 7. The highest BCUT2D eigenvalue weighted by Gasteiger charge is 2.38. The number of hydrogen-bond acceptors (Lipinski definition) is 9. The number of carboxylic acid groups (broad SMARTS) is 2. The van der Waals surface area contributed by atoms with Crippen LogP contribution >= 0.6 is 11.3 Å². The topological polar surface area (TPSA) is 192 Å². The smallest absolute Gasteiger partial charge is 0.490 e. The maximum Gasteiger partial charge on any atom is 0.490 e. The summed E-state index contributed by atoms with van der Waals surface area (Å²) in [6.07, 6.45) is -1.73. The minimum Gasteiger partial charge on any atom is -0.506 e. The number of amides is 2. The lowest BCUT2D eigenvalue weighted by Gasteiger charge is -2.16. The molecule has 5 rings (SSSR count). The number of carboxylic acids is 2. The Morgan fingerprint density at radius 1 is 1.02 bits per heavy atom. The van der Waals surface area contributed by atoms with E-state index in [0.717, 1.165) is 16.7 Å². The summed E-state index contributed by atoms with van der Waals surface area (Å²) < 4.78 is 33.1. The minimum atomic E-state index is -5.08. The number of nitrogens with zero attached hydrogens (tertiary/aromatic N) is 4. The van der Waals surface area contributed by atoms with Crippen LogP contribution < -0.4 is 10.9 Å². The molecule has 0 aliphatic carbocycles. The van der Waals surface area contributed by atoms with Crippen molar-refractivity contribution < 1.29 is 47.7 Å². The van der Waals surface area contributed by atoms with Gasteiger partial charge in [0.25, 0.3) is 17.4 Å². The van der Waals surface area contributed by atoms with Crippen LogP contribution in [0, 0.1) is 0 Å². The average molecular weight is 646 g/mol. The lowest BCUT2D eigenvalue weighted by atomic mass is 10.0. The van der Waals surface area contributed by atoms with Crippen molar-refractivity contribution in [2.75, 3.05) is 6.54 Å². The lowest BCUT2D eigenvalue weighted by molar-refractivity contribution is -0.192. The number of carbonyl (C=O) groups is 4. The first-order chi connectivity index (χ1) is 21.3. The second kappa shape index (κ2) is 13.4. The number of aliphatic carboxylic acids is 2. The summed E-state index contributed by atoms with van der Waals surface area (Å²) >= 11 is 1.27. The van der Waals surface area contributed by atoms with Gasteiger partial charge in [-0.15, -0.1) is 11.3 Å². The third kappa shape index (κ3) is 7.50. The van der Waals surface area contributed by atoms with Gasteiger partial charge in [0.05, 0.1) is 25.1 Å². The Bertz CT molecular complexity index is 1810. The number of aromatic hydroxyl groups is 1. The van der Waals surface area contributed by atoms with Crippen molar-refractivity contribution in [2.45, 2.75) is 25.8 Å². The third-order valence-electron chi connectivity index (χ3n) is 6.44. The number of fused-ring (bicyclic) bond motifs is 1. The molecule has 1 aliphatic heterocycles. The molecule has 0 fully saturated rings. The van der Waals surface area contributed by atoms with Crippen LogP contribution in [0.3, 0.4) is 0 Å². The number of alkyl halides is 3. The number of hydrogen-bond donors (Lipinski definition) is 4. The zero-order valence-corrected chi connectivity index (χ0v) is 23.6. The minimum absolute atomic E-state index is 0.0234. The summed E-state index contributed by atoms with van der Waals surface area (Å²) in [6.45, 7) is -0.695. The van der Waals surface area contributed by atoms with Crippen molar-refractivity contribution in [2.24, 2.45) is 0 Å². The molecule has 0 bridgehead atoms. The van der Waals surface area contributed by atoms with Gasteiger partial charge in [-0.2, -0.15) is 13.2 Å². The van der Waals surface area contributed by atoms with Gasteiger partial charge in [-0.25, -0.2) is 9.78 Å². The van der Waals surface area contributed by atoms with Gasteiger partial charge < -0.3 is 30.1 Å². The first-order valence-corrected chi connectivity index (χ1v) is 13.7. The van der Waals surface area contributed by atoms with E-state index in [1.54, 1.807) is 17.8 Å². The standard InChI is InChI=1S/C26H21N5O6S.C2HF3O2/c32-21(33)9-28-24(35)22-23(34)18-11-30(25(36)19-13-38-14-29-19)12-20(18)31(26(22)37)10-15-2-1-3-17(8-15)16-4-6-27-7-5-16;3-2(4,5)1(6)7/h1-8,13-14,34H,9-12H2,(H,28,35)(H,32,33);(H,6,7). The molecule has 0 unspecified atom stereocenters. The quantitative estimate of drug-likeness (QED) is 0.232. The van der Waals surface area contributed by atoms with Gasteiger partial charge in [0.2, 0.25) is 0 Å². The van der Waals surface area contributed by atoms with E-state index in [0.29, 0.717) is 5.69 Å². The molecule has 13 nitrogen and oxygen atoms in total. The zero-order valence-electron chi connectivity index (χ0n) is 22.8. The summed E-state index contributed by atoms with van der Waals surface area (Å²) in [5, 5.41) is 30.8. The van der Waals surface area contributed by atoms with Crippen molar-refractivity contribution in [3.8, 4) is 16.9 Å². The van der Waals surface area contributed by atoms with E-state index in [9.17, 15) is 37.5 Å². The highest BCUT2D eigenvalue weighted by atomic mass is 32.1. The van der Waals surface area contributed by atoms with Crippen LogP contribution in [0.25, 0.3) is 11.1 Å². The summed E-state index contributed by atoms with van der Waals surface area (Å²) in [4.78, 5) is 68.7. The number of aromatic nitrogens is 3. The lowest BCUT2D eigenvalue weighted by Crippen LogP contribution is -2.37. The van der Waals surface area contributed by atoms with Gasteiger partial charge in [0.15, 0.2) is 0 Å². The van der Waals surface area contributed by atoms with Crippen LogP contribution in [0.4, 0.5) is 13.2 Å². The molecule has 0 radical (unpaired) electrons. The monoisotopic (exact) mass is 645 g/mol. The van der Waals surface area contributed by atoms with Crippen LogP contribution in [-0.4, -0.2) is 71.2 Å². The summed E-state index contributed by atoms with van der Waals surface area (Å²) in [5.74, 6) is -6.01. The number of benzene rings is 1. The Morgan fingerprint density at radius 3 is 2.31 bits per heavy atom. The molecule has 4 N–H and O–H groups in total. The van der Waals surface area contributed by atoms with Crippen LogP contribution in [0.2, 0.25) is 0 Å². The number of halogens is 3. The highest BCUT2D eigenvalue weighted by Crippen LogP contribution is 2.33. The van der Waals surface area contributed by atoms with Crippen molar-refractivity contribution in [3.63, 3.8) is 0 Å². The number of thiazole rings is 1. The van der Waals surface area contributed by atoms with Crippen LogP contribution in [-0.2, 0) is 29.2 Å². The van der Waals surface area contributed by atoms with E-state index >= 15 is 0 Å². The van der Waals surface area contributed by atoms with E-state index < -0.39 is 47.4 Å². The molecular weight excluding hydrogens is 623 g/mol. The largest absolute Gasteiger partial charge is 0.506 e. The Morgan fingerprint density at radius 2 is 1.71 bits per heavy atom. The maximum atomic E-state index is 13.6. The first kappa shape index (κ1) is 32.3. The van der Waals surface area contributed by atoms with Gasteiger partial charge in [-0.3, -0.25) is 24.2 Å². The van der Waals surface area contributed by atoms with Crippen molar-refractivity contribution in [3.05, 3.63) is 98.1 Å². The fourth-order valence-electron chi connectivity index (χ4n) is 4.40. The predicted octanol–water partition coefficient (Wildman–Crippen LogP) is 2.72. The zero-order chi connectivity index (χ0) is 32.9. The second-order valence-corrected chi connectivity index (χ2v) is 10.1. The predicted molar refractivity (Wildman–Crippen MR) is 150 cm³/mol. The van der Waals surface area contributed by atoms with Gasteiger partial charge >= 0.3 is 18.1 Å².